The van der Waals surface area contributed by atoms with Gasteiger partial charge in [0.15, 0.2) is 0 Å². The number of alkyl halides is 3. The first kappa shape index (κ1) is 18.8. The van der Waals surface area contributed by atoms with E-state index in [-0.39, 0.29) is 17.7 Å². The van der Waals surface area contributed by atoms with Crippen molar-refractivity contribution in [2.24, 2.45) is 5.73 Å². The van der Waals surface area contributed by atoms with E-state index in [1.807, 2.05) is 0 Å². The fraction of sp³-hybridized carbons (Fsp3) is 0.211. The summed E-state index contributed by atoms with van der Waals surface area (Å²) in [6.45, 7) is 3.42. The fourth-order valence-corrected chi connectivity index (χ4v) is 2.75. The highest BCUT2D eigenvalue weighted by atomic mass is 19.4. The Balaban J connectivity index is 1.80. The second-order valence-electron chi connectivity index (χ2n) is 5.98. The molecule has 0 saturated heterocycles. The lowest BCUT2D eigenvalue weighted by molar-refractivity contribution is -0.137. The molecule has 0 fully saturated rings. The van der Waals surface area contributed by atoms with Gasteiger partial charge in [-0.2, -0.15) is 13.2 Å². The zero-order chi connectivity index (χ0) is 19.6. The third-order valence-corrected chi connectivity index (χ3v) is 4.03. The summed E-state index contributed by atoms with van der Waals surface area (Å²) >= 11 is 0. The van der Waals surface area contributed by atoms with Crippen LogP contribution in [-0.2, 0) is 11.0 Å². The summed E-state index contributed by atoms with van der Waals surface area (Å²) < 4.78 is 49.0. The van der Waals surface area contributed by atoms with Crippen LogP contribution in [0.5, 0.6) is 17.2 Å². The van der Waals surface area contributed by atoms with Crippen LogP contribution in [-0.4, -0.2) is 12.1 Å². The van der Waals surface area contributed by atoms with Crippen LogP contribution in [0.1, 0.15) is 23.6 Å². The summed E-state index contributed by atoms with van der Waals surface area (Å²) in [6, 6.07) is 8.97. The summed E-state index contributed by atoms with van der Waals surface area (Å²) in [7, 11) is 0. The second kappa shape index (κ2) is 7.32. The SMILES string of the molecule is C=CC(=O)N[C@H]1C[C@H](N)Oc2cc(Oc3ccc(C(F)(F)F)cc3)ccc21. The lowest BCUT2D eigenvalue weighted by Crippen LogP contribution is -2.39. The Morgan fingerprint density at radius 2 is 1.89 bits per heavy atom. The Morgan fingerprint density at radius 1 is 1.22 bits per heavy atom. The number of carbonyl (C=O) groups is 1. The first-order valence-corrected chi connectivity index (χ1v) is 8.10. The quantitative estimate of drug-likeness (QED) is 0.792. The number of hydrogen-bond donors (Lipinski definition) is 2. The van der Waals surface area contributed by atoms with Crippen LogP contribution < -0.4 is 20.5 Å². The van der Waals surface area contributed by atoms with Crippen molar-refractivity contribution in [3.63, 3.8) is 0 Å². The van der Waals surface area contributed by atoms with E-state index in [1.54, 1.807) is 18.2 Å². The van der Waals surface area contributed by atoms with Crippen molar-refractivity contribution in [2.45, 2.75) is 24.9 Å². The maximum Gasteiger partial charge on any atom is 0.416 e. The molecule has 0 unspecified atom stereocenters. The highest BCUT2D eigenvalue weighted by molar-refractivity contribution is 5.87. The number of benzene rings is 2. The van der Waals surface area contributed by atoms with Gasteiger partial charge in [-0.05, 0) is 42.5 Å². The molecule has 1 heterocycles. The molecule has 0 bridgehead atoms. The molecular formula is C19H17F3N2O3. The number of carbonyl (C=O) groups excluding carboxylic acids is 1. The lowest BCUT2D eigenvalue weighted by Gasteiger charge is -2.30. The molecule has 0 aliphatic carbocycles. The van der Waals surface area contributed by atoms with E-state index in [1.165, 1.54) is 18.2 Å². The van der Waals surface area contributed by atoms with E-state index in [2.05, 4.69) is 11.9 Å². The summed E-state index contributed by atoms with van der Waals surface area (Å²) in [5.74, 6) is 0.730. The number of nitrogens with two attached hydrogens (primary N) is 1. The highest BCUT2D eigenvalue weighted by Crippen LogP contribution is 2.38. The van der Waals surface area contributed by atoms with Crippen LogP contribution in [0.3, 0.4) is 0 Å². The Hall–Kier alpha value is -3.00. The summed E-state index contributed by atoms with van der Waals surface area (Å²) in [6.07, 6.45) is -3.46. The molecule has 1 aliphatic rings. The summed E-state index contributed by atoms with van der Waals surface area (Å²) in [5.41, 5.74) is 5.84. The third kappa shape index (κ3) is 4.40. The van der Waals surface area contributed by atoms with Crippen molar-refractivity contribution in [1.82, 2.24) is 5.32 Å². The summed E-state index contributed by atoms with van der Waals surface area (Å²) in [5, 5.41) is 2.78. The van der Waals surface area contributed by atoms with E-state index in [4.69, 9.17) is 15.2 Å². The molecule has 1 aliphatic heterocycles. The third-order valence-electron chi connectivity index (χ3n) is 4.03. The van der Waals surface area contributed by atoms with Crippen LogP contribution in [0.25, 0.3) is 0 Å². The van der Waals surface area contributed by atoms with Gasteiger partial charge >= 0.3 is 6.18 Å². The molecule has 2 aromatic carbocycles. The first-order valence-electron chi connectivity index (χ1n) is 8.10. The van der Waals surface area contributed by atoms with Crippen molar-refractivity contribution in [2.75, 3.05) is 0 Å². The predicted octanol–water partition coefficient (Wildman–Crippen LogP) is 3.91. The minimum absolute atomic E-state index is 0.250. The Kier molecular flexibility index (Phi) is 5.09. The topological polar surface area (TPSA) is 73.6 Å². The molecule has 3 rings (SSSR count). The molecule has 142 valence electrons. The van der Waals surface area contributed by atoms with E-state index in [0.29, 0.717) is 17.9 Å². The predicted molar refractivity (Wildman–Crippen MR) is 92.3 cm³/mol. The van der Waals surface area contributed by atoms with Crippen LogP contribution in [0.2, 0.25) is 0 Å². The van der Waals surface area contributed by atoms with Crippen molar-refractivity contribution in [1.29, 1.82) is 0 Å². The van der Waals surface area contributed by atoms with E-state index < -0.39 is 18.0 Å². The van der Waals surface area contributed by atoms with Crippen molar-refractivity contribution < 1.29 is 27.4 Å². The maximum absolute atomic E-state index is 12.6. The van der Waals surface area contributed by atoms with Crippen molar-refractivity contribution >= 4 is 5.91 Å². The maximum atomic E-state index is 12.6. The molecule has 0 spiro atoms. The van der Waals surface area contributed by atoms with Crippen molar-refractivity contribution in [3.8, 4) is 17.2 Å². The van der Waals surface area contributed by atoms with Gasteiger partial charge in [-0.15, -0.1) is 0 Å². The van der Waals surface area contributed by atoms with E-state index >= 15 is 0 Å². The highest BCUT2D eigenvalue weighted by Gasteiger charge is 2.30. The Labute approximate surface area is 153 Å². The van der Waals surface area contributed by atoms with Gasteiger partial charge in [0.2, 0.25) is 5.91 Å². The number of ether oxygens (including phenoxy) is 2. The van der Waals surface area contributed by atoms with Gasteiger partial charge in [0.1, 0.15) is 23.5 Å². The number of rotatable bonds is 4. The van der Waals surface area contributed by atoms with Crippen LogP contribution in [0.4, 0.5) is 13.2 Å². The largest absolute Gasteiger partial charge is 0.475 e. The fourth-order valence-electron chi connectivity index (χ4n) is 2.75. The van der Waals surface area contributed by atoms with E-state index in [0.717, 1.165) is 17.7 Å². The van der Waals surface area contributed by atoms with Crippen LogP contribution in [0.15, 0.2) is 55.1 Å². The minimum Gasteiger partial charge on any atom is -0.475 e. The number of halogens is 3. The Morgan fingerprint density at radius 3 is 2.52 bits per heavy atom. The molecule has 0 aromatic heterocycles. The lowest BCUT2D eigenvalue weighted by atomic mass is 9.99. The monoisotopic (exact) mass is 378 g/mol. The van der Waals surface area contributed by atoms with Crippen LogP contribution >= 0.6 is 0 Å². The number of nitrogens with one attached hydrogen (secondary N) is 1. The number of amides is 1. The molecule has 8 heteroatoms. The van der Waals surface area contributed by atoms with Gasteiger partial charge in [0.25, 0.3) is 0 Å². The normalized spacial score (nSPS) is 18.8. The number of hydrogen-bond acceptors (Lipinski definition) is 4. The molecule has 1 amide bonds. The molecule has 0 radical (unpaired) electrons. The van der Waals surface area contributed by atoms with Gasteiger partial charge in [-0.1, -0.05) is 6.58 Å². The van der Waals surface area contributed by atoms with Gasteiger partial charge in [-0.25, -0.2) is 0 Å². The van der Waals surface area contributed by atoms with E-state index in [9.17, 15) is 18.0 Å². The smallest absolute Gasteiger partial charge is 0.416 e. The standard InChI is InChI=1S/C19H17F3N2O3/c1-2-18(25)24-15-10-17(23)27-16-9-13(7-8-14(15)16)26-12-5-3-11(4-6-12)19(20,21)22/h2-9,15,17H,1,10,23H2,(H,24,25)/t15-,17+/m0/s1. The van der Waals surface area contributed by atoms with Crippen LogP contribution in [0, 0.1) is 0 Å². The molecule has 27 heavy (non-hydrogen) atoms. The molecule has 0 saturated carbocycles. The molecule has 5 nitrogen and oxygen atoms in total. The zero-order valence-corrected chi connectivity index (χ0v) is 14.1. The van der Waals surface area contributed by atoms with Gasteiger partial charge in [0.05, 0.1) is 11.6 Å². The average molecular weight is 378 g/mol. The molecular weight excluding hydrogens is 361 g/mol. The second-order valence-corrected chi connectivity index (χ2v) is 5.98. The Bertz CT molecular complexity index is 850. The zero-order valence-electron chi connectivity index (χ0n) is 14.1. The molecule has 3 N–H and O–H groups in total. The molecule has 2 aromatic rings. The average Bonchev–Trinajstić information content (AvgIpc) is 2.61. The number of fused-ring (bicyclic) bond motifs is 1. The minimum atomic E-state index is -4.40. The van der Waals surface area contributed by atoms with Crippen molar-refractivity contribution in [3.05, 3.63) is 66.2 Å². The van der Waals surface area contributed by atoms with Gasteiger partial charge in [-0.3, -0.25) is 10.5 Å². The molecule has 2 atom stereocenters. The first-order chi connectivity index (χ1) is 12.8. The van der Waals surface area contributed by atoms with Gasteiger partial charge in [0, 0.05) is 18.1 Å². The summed E-state index contributed by atoms with van der Waals surface area (Å²) in [4.78, 5) is 11.6. The van der Waals surface area contributed by atoms with Gasteiger partial charge < -0.3 is 14.8 Å².